The second-order valence-corrected chi connectivity index (χ2v) is 5.30. The number of carbonyl (C=O) groups is 2. The third kappa shape index (κ3) is 3.59. The number of carbonyl (C=O) groups excluding carboxylic acids is 2. The number of ether oxygens (including phenoxy) is 1. The number of likely N-dealkylation sites (N-methyl/N-ethyl adjacent to an activating group) is 1. The molecule has 0 saturated heterocycles. The Kier molecular flexibility index (Phi) is 4.77. The van der Waals surface area contributed by atoms with Gasteiger partial charge in [-0.2, -0.15) is 0 Å². The van der Waals surface area contributed by atoms with Crippen LogP contribution in [0.1, 0.15) is 31.2 Å². The first-order chi connectivity index (χ1) is 9.60. The van der Waals surface area contributed by atoms with Crippen LogP contribution in [0.5, 0.6) is 5.75 Å². The van der Waals surface area contributed by atoms with Crippen LogP contribution in [0.3, 0.4) is 0 Å². The molecule has 2 rings (SSSR count). The van der Waals surface area contributed by atoms with E-state index in [1.165, 1.54) is 0 Å². The lowest BCUT2D eigenvalue weighted by atomic mass is 9.93. The van der Waals surface area contributed by atoms with Gasteiger partial charge in [-0.3, -0.25) is 9.59 Å². The van der Waals surface area contributed by atoms with Gasteiger partial charge in [-0.05, 0) is 30.5 Å². The van der Waals surface area contributed by atoms with E-state index < -0.39 is 0 Å². The van der Waals surface area contributed by atoms with Crippen molar-refractivity contribution in [3.63, 3.8) is 0 Å². The van der Waals surface area contributed by atoms with Gasteiger partial charge in [0.15, 0.2) is 0 Å². The number of hydrogen-bond acceptors (Lipinski definition) is 3. The van der Waals surface area contributed by atoms with Gasteiger partial charge in [-0.25, -0.2) is 0 Å². The quantitative estimate of drug-likeness (QED) is 0.846. The van der Waals surface area contributed by atoms with Crippen LogP contribution in [0.4, 0.5) is 0 Å². The number of rotatable bonds is 4. The number of ketones is 1. The van der Waals surface area contributed by atoms with Gasteiger partial charge in [0.1, 0.15) is 11.5 Å². The molecule has 1 aromatic carbocycles. The highest BCUT2D eigenvalue weighted by molar-refractivity contribution is 5.81. The molecular formula is C16H21NO3. The number of Topliss-reactive ketones (excluding diaryl/α,β-unsaturated/α-hetero) is 1. The molecule has 0 N–H and O–H groups in total. The van der Waals surface area contributed by atoms with Gasteiger partial charge in [0, 0.05) is 25.9 Å². The average Bonchev–Trinajstić information content (AvgIpc) is 2.47. The van der Waals surface area contributed by atoms with E-state index in [0.717, 1.165) is 24.2 Å². The Labute approximate surface area is 119 Å². The lowest BCUT2D eigenvalue weighted by molar-refractivity contribution is -0.133. The van der Waals surface area contributed by atoms with Gasteiger partial charge in [0.2, 0.25) is 5.91 Å². The number of methoxy groups -OCH3 is 1. The molecule has 20 heavy (non-hydrogen) atoms. The molecule has 1 amide bonds. The number of nitrogens with zero attached hydrogens (tertiary/aromatic N) is 1. The zero-order chi connectivity index (χ0) is 14.5. The smallest absolute Gasteiger partial charge is 0.226 e. The molecule has 0 heterocycles. The summed E-state index contributed by atoms with van der Waals surface area (Å²) in [6, 6.07) is 7.77. The summed E-state index contributed by atoms with van der Waals surface area (Å²) in [6.45, 7) is 0. The van der Waals surface area contributed by atoms with Crippen LogP contribution >= 0.6 is 0 Å². The summed E-state index contributed by atoms with van der Waals surface area (Å²) < 4.78 is 5.16. The molecule has 0 aromatic heterocycles. The van der Waals surface area contributed by atoms with Gasteiger partial charge >= 0.3 is 0 Å². The molecule has 0 radical (unpaired) electrons. The Hall–Kier alpha value is -1.84. The monoisotopic (exact) mass is 275 g/mol. The van der Waals surface area contributed by atoms with E-state index in [4.69, 9.17) is 4.74 Å². The highest BCUT2D eigenvalue weighted by Crippen LogP contribution is 2.20. The SMILES string of the molecule is COc1cccc(CC(=O)N(C)C2CCC(=O)CC2)c1. The Balaban J connectivity index is 1.95. The van der Waals surface area contributed by atoms with Crippen molar-refractivity contribution in [2.75, 3.05) is 14.2 Å². The van der Waals surface area contributed by atoms with E-state index >= 15 is 0 Å². The Morgan fingerprint density at radius 2 is 2.05 bits per heavy atom. The van der Waals surface area contributed by atoms with Crippen molar-refractivity contribution < 1.29 is 14.3 Å². The lowest BCUT2D eigenvalue weighted by Gasteiger charge is -2.30. The standard InChI is InChI=1S/C16H21NO3/c1-17(13-6-8-14(18)9-7-13)16(19)11-12-4-3-5-15(10-12)20-2/h3-5,10,13H,6-9,11H2,1-2H3. The predicted molar refractivity (Wildman–Crippen MR) is 76.7 cm³/mol. The van der Waals surface area contributed by atoms with E-state index in [-0.39, 0.29) is 11.9 Å². The van der Waals surface area contributed by atoms with Gasteiger partial charge in [0.05, 0.1) is 13.5 Å². The maximum absolute atomic E-state index is 12.3. The van der Waals surface area contributed by atoms with Crippen LogP contribution in [0.25, 0.3) is 0 Å². The molecule has 4 heteroatoms. The minimum atomic E-state index is 0.0950. The number of hydrogen-bond donors (Lipinski definition) is 0. The van der Waals surface area contributed by atoms with Gasteiger partial charge in [-0.1, -0.05) is 12.1 Å². The minimum Gasteiger partial charge on any atom is -0.497 e. The third-order valence-electron chi connectivity index (χ3n) is 3.94. The molecule has 0 unspecified atom stereocenters. The van der Waals surface area contributed by atoms with E-state index in [2.05, 4.69) is 0 Å². The molecular weight excluding hydrogens is 254 g/mol. The first kappa shape index (κ1) is 14.6. The molecule has 1 aromatic rings. The summed E-state index contributed by atoms with van der Waals surface area (Å²) in [6.07, 6.45) is 3.15. The van der Waals surface area contributed by atoms with Crippen LogP contribution < -0.4 is 4.74 Å². The van der Waals surface area contributed by atoms with E-state index in [1.807, 2.05) is 31.3 Å². The van der Waals surface area contributed by atoms with Crippen molar-refractivity contribution in [2.45, 2.75) is 38.1 Å². The summed E-state index contributed by atoms with van der Waals surface area (Å²) >= 11 is 0. The van der Waals surface area contributed by atoms with Crippen LogP contribution in [0.2, 0.25) is 0 Å². The van der Waals surface area contributed by atoms with Gasteiger partial charge < -0.3 is 9.64 Å². The van der Waals surface area contributed by atoms with Crippen molar-refractivity contribution in [1.82, 2.24) is 4.90 Å². The first-order valence-electron chi connectivity index (χ1n) is 7.00. The number of amides is 1. The van der Waals surface area contributed by atoms with Gasteiger partial charge in [0.25, 0.3) is 0 Å². The van der Waals surface area contributed by atoms with Crippen molar-refractivity contribution in [3.05, 3.63) is 29.8 Å². The molecule has 1 saturated carbocycles. The minimum absolute atomic E-state index is 0.0950. The summed E-state index contributed by atoms with van der Waals surface area (Å²) in [5.41, 5.74) is 0.952. The number of benzene rings is 1. The van der Waals surface area contributed by atoms with E-state index in [0.29, 0.717) is 25.0 Å². The summed E-state index contributed by atoms with van der Waals surface area (Å²) in [7, 11) is 3.45. The van der Waals surface area contributed by atoms with Crippen LogP contribution in [0.15, 0.2) is 24.3 Å². The second kappa shape index (κ2) is 6.55. The topological polar surface area (TPSA) is 46.6 Å². The van der Waals surface area contributed by atoms with Crippen molar-refractivity contribution >= 4 is 11.7 Å². The highest BCUT2D eigenvalue weighted by Gasteiger charge is 2.25. The molecule has 0 bridgehead atoms. The van der Waals surface area contributed by atoms with Crippen molar-refractivity contribution in [1.29, 1.82) is 0 Å². The highest BCUT2D eigenvalue weighted by atomic mass is 16.5. The largest absolute Gasteiger partial charge is 0.497 e. The fourth-order valence-corrected chi connectivity index (χ4v) is 2.60. The second-order valence-electron chi connectivity index (χ2n) is 5.30. The van der Waals surface area contributed by atoms with Crippen molar-refractivity contribution in [3.8, 4) is 5.75 Å². The molecule has 108 valence electrons. The Morgan fingerprint density at radius 1 is 1.35 bits per heavy atom. The summed E-state index contributed by atoms with van der Waals surface area (Å²) in [5.74, 6) is 1.17. The lowest BCUT2D eigenvalue weighted by Crippen LogP contribution is -2.40. The van der Waals surface area contributed by atoms with Gasteiger partial charge in [-0.15, -0.1) is 0 Å². The zero-order valence-corrected chi connectivity index (χ0v) is 12.1. The average molecular weight is 275 g/mol. The molecule has 0 spiro atoms. The molecule has 0 atom stereocenters. The Morgan fingerprint density at radius 3 is 2.70 bits per heavy atom. The first-order valence-corrected chi connectivity index (χ1v) is 7.00. The normalized spacial score (nSPS) is 16.0. The maximum Gasteiger partial charge on any atom is 0.226 e. The van der Waals surface area contributed by atoms with Crippen LogP contribution in [0, 0.1) is 0 Å². The zero-order valence-electron chi connectivity index (χ0n) is 12.1. The fourth-order valence-electron chi connectivity index (χ4n) is 2.60. The maximum atomic E-state index is 12.3. The van der Waals surface area contributed by atoms with E-state index in [1.54, 1.807) is 12.0 Å². The molecule has 4 nitrogen and oxygen atoms in total. The Bertz CT molecular complexity index is 488. The molecule has 1 aliphatic rings. The molecule has 1 fully saturated rings. The van der Waals surface area contributed by atoms with Crippen LogP contribution in [-0.4, -0.2) is 36.8 Å². The summed E-state index contributed by atoms with van der Waals surface area (Å²) in [4.78, 5) is 25.3. The summed E-state index contributed by atoms with van der Waals surface area (Å²) in [5, 5.41) is 0. The van der Waals surface area contributed by atoms with Crippen LogP contribution in [-0.2, 0) is 16.0 Å². The fraction of sp³-hybridized carbons (Fsp3) is 0.500. The molecule has 1 aliphatic carbocycles. The van der Waals surface area contributed by atoms with E-state index in [9.17, 15) is 9.59 Å². The third-order valence-corrected chi connectivity index (χ3v) is 3.94. The predicted octanol–water partition coefficient (Wildman–Crippen LogP) is 2.21. The molecule has 0 aliphatic heterocycles. The van der Waals surface area contributed by atoms with Crippen molar-refractivity contribution in [2.24, 2.45) is 0 Å².